The van der Waals surface area contributed by atoms with E-state index in [9.17, 15) is 14.7 Å². The Hall–Kier alpha value is -1.88. The summed E-state index contributed by atoms with van der Waals surface area (Å²) in [5.41, 5.74) is 0.637. The van der Waals surface area contributed by atoms with Crippen molar-refractivity contribution in [1.29, 1.82) is 0 Å². The lowest BCUT2D eigenvalue weighted by Crippen LogP contribution is -2.49. The minimum absolute atomic E-state index is 0.00422. The second-order valence-corrected chi connectivity index (χ2v) is 7.73. The number of hydrogen-bond acceptors (Lipinski definition) is 3. The van der Waals surface area contributed by atoms with Gasteiger partial charge in [-0.3, -0.25) is 9.59 Å². The van der Waals surface area contributed by atoms with E-state index in [1.54, 1.807) is 12.1 Å². The summed E-state index contributed by atoms with van der Waals surface area (Å²) >= 11 is 0. The van der Waals surface area contributed by atoms with Crippen molar-refractivity contribution in [3.63, 3.8) is 0 Å². The first-order valence-corrected chi connectivity index (χ1v) is 8.56. The lowest BCUT2D eigenvalue weighted by molar-refractivity contribution is -0.128. The molecule has 0 saturated heterocycles. The molecule has 0 heterocycles. The van der Waals surface area contributed by atoms with Gasteiger partial charge >= 0.3 is 0 Å². The van der Waals surface area contributed by atoms with E-state index in [0.29, 0.717) is 12.1 Å². The van der Waals surface area contributed by atoms with Gasteiger partial charge in [0, 0.05) is 17.5 Å². The summed E-state index contributed by atoms with van der Waals surface area (Å²) in [4.78, 5) is 24.3. The van der Waals surface area contributed by atoms with E-state index in [-0.39, 0.29) is 18.4 Å². The Morgan fingerprint density at radius 2 is 1.71 bits per heavy atom. The molecule has 0 spiro atoms. The summed E-state index contributed by atoms with van der Waals surface area (Å²) in [5.74, 6) is -0.160. The zero-order valence-corrected chi connectivity index (χ0v) is 14.8. The van der Waals surface area contributed by atoms with Crippen LogP contribution in [0, 0.1) is 5.41 Å². The van der Waals surface area contributed by atoms with Gasteiger partial charge in [-0.15, -0.1) is 0 Å². The van der Waals surface area contributed by atoms with Gasteiger partial charge in [0.15, 0.2) is 0 Å². The average molecular weight is 332 g/mol. The number of nitrogens with one attached hydrogen (secondary N) is 2. The molecule has 0 unspecified atom stereocenters. The molecule has 1 aliphatic rings. The summed E-state index contributed by atoms with van der Waals surface area (Å²) in [6, 6.07) is 7.21. The third kappa shape index (κ3) is 4.57. The van der Waals surface area contributed by atoms with Crippen molar-refractivity contribution in [2.75, 3.05) is 6.61 Å². The third-order valence-corrected chi connectivity index (χ3v) is 4.59. The molecule has 0 atom stereocenters. The zero-order chi connectivity index (χ0) is 17.8. The standard InChI is InChI=1S/C19H28N2O3/c1-18(2,3)17(24)20-12-14-6-8-15(9-7-14)16(23)21-19(13-22)10-4-5-11-19/h6-9,22H,4-5,10-13H2,1-3H3,(H,20,24)(H,21,23). The van der Waals surface area contributed by atoms with Crippen LogP contribution in [0.15, 0.2) is 24.3 Å². The lowest BCUT2D eigenvalue weighted by atomic mass is 9.95. The number of carbonyl (C=O) groups is 2. The molecule has 1 aromatic rings. The molecular weight excluding hydrogens is 304 g/mol. The number of hydrogen-bond donors (Lipinski definition) is 3. The van der Waals surface area contributed by atoms with Gasteiger partial charge in [0.05, 0.1) is 12.1 Å². The molecule has 5 heteroatoms. The Morgan fingerprint density at radius 1 is 1.12 bits per heavy atom. The zero-order valence-electron chi connectivity index (χ0n) is 14.8. The van der Waals surface area contributed by atoms with Gasteiger partial charge in [-0.25, -0.2) is 0 Å². The van der Waals surface area contributed by atoms with E-state index in [0.717, 1.165) is 31.2 Å². The van der Waals surface area contributed by atoms with E-state index in [4.69, 9.17) is 0 Å². The van der Waals surface area contributed by atoms with Gasteiger partial charge in [-0.05, 0) is 30.5 Å². The number of aliphatic hydroxyl groups is 1. The fraction of sp³-hybridized carbons (Fsp3) is 0.579. The molecular formula is C19H28N2O3. The molecule has 0 aromatic heterocycles. The maximum atomic E-state index is 12.4. The van der Waals surface area contributed by atoms with Gasteiger partial charge in [-0.2, -0.15) is 0 Å². The van der Waals surface area contributed by atoms with Crippen LogP contribution in [0.1, 0.15) is 62.4 Å². The van der Waals surface area contributed by atoms with E-state index < -0.39 is 11.0 Å². The molecule has 1 saturated carbocycles. The van der Waals surface area contributed by atoms with Crippen LogP contribution in [0.2, 0.25) is 0 Å². The highest BCUT2D eigenvalue weighted by molar-refractivity contribution is 5.94. The summed E-state index contributed by atoms with van der Waals surface area (Å²) < 4.78 is 0. The maximum Gasteiger partial charge on any atom is 0.251 e. The van der Waals surface area contributed by atoms with Gasteiger partial charge in [0.1, 0.15) is 0 Å². The van der Waals surface area contributed by atoms with Gasteiger partial charge in [0.25, 0.3) is 5.91 Å². The smallest absolute Gasteiger partial charge is 0.251 e. The quantitative estimate of drug-likeness (QED) is 0.775. The molecule has 3 N–H and O–H groups in total. The Bertz CT molecular complexity index is 582. The van der Waals surface area contributed by atoms with Gasteiger partial charge < -0.3 is 15.7 Å². The lowest BCUT2D eigenvalue weighted by Gasteiger charge is -2.28. The summed E-state index contributed by atoms with van der Waals surface area (Å²) in [7, 11) is 0. The maximum absolute atomic E-state index is 12.4. The SMILES string of the molecule is CC(C)(C)C(=O)NCc1ccc(C(=O)NC2(CO)CCCC2)cc1. The molecule has 24 heavy (non-hydrogen) atoms. The molecule has 1 aliphatic carbocycles. The highest BCUT2D eigenvalue weighted by atomic mass is 16.3. The van der Waals surface area contributed by atoms with Crippen molar-refractivity contribution in [2.45, 2.75) is 58.5 Å². The predicted octanol–water partition coefficient (Wildman–Crippen LogP) is 2.38. The third-order valence-electron chi connectivity index (χ3n) is 4.59. The first kappa shape index (κ1) is 18.5. The van der Waals surface area contributed by atoms with Crippen molar-refractivity contribution < 1.29 is 14.7 Å². The number of aliphatic hydroxyl groups excluding tert-OH is 1. The normalized spacial score (nSPS) is 16.7. The minimum Gasteiger partial charge on any atom is -0.394 e. The highest BCUT2D eigenvalue weighted by Gasteiger charge is 2.34. The first-order chi connectivity index (χ1) is 11.3. The van der Waals surface area contributed by atoms with Crippen LogP contribution >= 0.6 is 0 Å². The molecule has 132 valence electrons. The largest absolute Gasteiger partial charge is 0.394 e. The molecule has 2 rings (SSSR count). The molecule has 0 bridgehead atoms. The first-order valence-electron chi connectivity index (χ1n) is 8.56. The van der Waals surface area contributed by atoms with E-state index in [1.165, 1.54) is 0 Å². The van der Waals surface area contributed by atoms with E-state index in [2.05, 4.69) is 10.6 Å². The van der Waals surface area contributed by atoms with Gasteiger partial charge in [0.2, 0.25) is 5.91 Å². The molecule has 2 amide bonds. The fourth-order valence-corrected chi connectivity index (χ4v) is 2.91. The van der Waals surface area contributed by atoms with Crippen molar-refractivity contribution in [3.05, 3.63) is 35.4 Å². The van der Waals surface area contributed by atoms with Crippen LogP contribution in [-0.4, -0.2) is 29.1 Å². The average Bonchev–Trinajstić information content (AvgIpc) is 3.01. The monoisotopic (exact) mass is 332 g/mol. The van der Waals surface area contributed by atoms with Crippen LogP contribution in [0.5, 0.6) is 0 Å². The Labute approximate surface area is 143 Å². The van der Waals surface area contributed by atoms with Gasteiger partial charge in [-0.1, -0.05) is 45.7 Å². The number of benzene rings is 1. The Kier molecular flexibility index (Phi) is 5.65. The molecule has 0 aliphatic heterocycles. The van der Waals surface area contributed by atoms with Crippen LogP contribution in [0.3, 0.4) is 0 Å². The predicted molar refractivity (Wildman–Crippen MR) is 93.5 cm³/mol. The summed E-state index contributed by atoms with van der Waals surface area (Å²) in [6.45, 7) is 6.04. The van der Waals surface area contributed by atoms with E-state index in [1.807, 2.05) is 32.9 Å². The molecule has 1 aromatic carbocycles. The number of rotatable bonds is 5. The van der Waals surface area contributed by atoms with Crippen molar-refractivity contribution in [2.24, 2.45) is 5.41 Å². The Morgan fingerprint density at radius 3 is 2.21 bits per heavy atom. The van der Waals surface area contributed by atoms with Crippen molar-refractivity contribution >= 4 is 11.8 Å². The summed E-state index contributed by atoms with van der Waals surface area (Å²) in [6.07, 6.45) is 3.72. The Balaban J connectivity index is 1.94. The second kappa shape index (κ2) is 7.34. The van der Waals surface area contributed by atoms with E-state index >= 15 is 0 Å². The minimum atomic E-state index is -0.462. The van der Waals surface area contributed by atoms with Crippen LogP contribution in [-0.2, 0) is 11.3 Å². The van der Waals surface area contributed by atoms with Crippen molar-refractivity contribution in [3.8, 4) is 0 Å². The van der Waals surface area contributed by atoms with Crippen LogP contribution in [0.4, 0.5) is 0 Å². The molecule has 1 fully saturated rings. The molecule has 5 nitrogen and oxygen atoms in total. The topological polar surface area (TPSA) is 78.4 Å². The van der Waals surface area contributed by atoms with Crippen LogP contribution < -0.4 is 10.6 Å². The van der Waals surface area contributed by atoms with Crippen LogP contribution in [0.25, 0.3) is 0 Å². The van der Waals surface area contributed by atoms with Crippen molar-refractivity contribution in [1.82, 2.24) is 10.6 Å². The fourth-order valence-electron chi connectivity index (χ4n) is 2.91. The number of carbonyl (C=O) groups excluding carboxylic acids is 2. The second-order valence-electron chi connectivity index (χ2n) is 7.73. The highest BCUT2D eigenvalue weighted by Crippen LogP contribution is 2.29. The summed E-state index contributed by atoms with van der Waals surface area (Å²) in [5, 5.41) is 15.5. The number of amides is 2. The molecule has 0 radical (unpaired) electrons.